The molecule has 0 bridgehead atoms. The average Bonchev–Trinajstić information content (AvgIpc) is 3.67. The summed E-state index contributed by atoms with van der Waals surface area (Å²) in [4.78, 5) is 54.7. The number of nitrogens with zero attached hydrogens (tertiary/aromatic N) is 1. The number of esters is 4. The normalized spacial score (nSPS) is 21.2. The number of nitrogens with one attached hydrogen (secondary N) is 1. The van der Waals surface area contributed by atoms with Gasteiger partial charge in [-0.15, -0.1) is 5.10 Å². The Hall–Kier alpha value is -4.69. The third kappa shape index (κ3) is 12.2. The van der Waals surface area contributed by atoms with Crippen molar-refractivity contribution in [2.45, 2.75) is 133 Å². The number of ether oxygens (including phenoxy) is 7. The predicted molar refractivity (Wildman–Crippen MR) is 215 cm³/mol. The third-order valence-electron chi connectivity index (χ3n) is 8.96. The molecule has 14 nitrogen and oxygen atoms in total. The van der Waals surface area contributed by atoms with Gasteiger partial charge in [0.05, 0.1) is 39.2 Å². The molecule has 0 saturated carbocycles. The minimum Gasteiger partial charge on any atom is -0.494 e. The molecule has 1 unspecified atom stereocenters. The molecular formula is C44H62N2O12. The van der Waals surface area contributed by atoms with Crippen molar-refractivity contribution in [1.82, 2.24) is 10.2 Å². The highest BCUT2D eigenvalue weighted by Gasteiger charge is 2.56. The number of H-pyrrole nitrogens is 1. The molecule has 2 heterocycles. The summed E-state index contributed by atoms with van der Waals surface area (Å²) in [6, 6.07) is 13.2. The summed E-state index contributed by atoms with van der Waals surface area (Å²) in [7, 11) is 0. The van der Waals surface area contributed by atoms with Crippen LogP contribution in [-0.2, 0) is 55.7 Å². The highest BCUT2D eigenvalue weighted by molar-refractivity contribution is 5.87. The van der Waals surface area contributed by atoms with Crippen LogP contribution in [0.2, 0.25) is 0 Å². The number of hydrogen-bond donors (Lipinski definition) is 2. The minimum atomic E-state index is -1.71. The van der Waals surface area contributed by atoms with Crippen molar-refractivity contribution in [3.8, 4) is 11.6 Å². The van der Waals surface area contributed by atoms with Crippen LogP contribution in [0, 0.1) is 21.7 Å². The number of carbonyl (C=O) groups excluding carboxylic acids is 4. The Balaban J connectivity index is 1.83. The smallest absolute Gasteiger partial charge is 0.311 e. The number of rotatable bonds is 14. The second-order valence-corrected chi connectivity index (χ2v) is 17.3. The Bertz CT molecular complexity index is 1990. The first-order valence-corrected chi connectivity index (χ1v) is 19.2. The number of aromatic amines is 1. The van der Waals surface area contributed by atoms with Crippen LogP contribution in [0.1, 0.15) is 106 Å². The molecule has 2 N–H and O–H groups in total. The average molecular weight is 815 g/mol. The van der Waals surface area contributed by atoms with Crippen LogP contribution in [0.25, 0.3) is 10.9 Å². The molecule has 320 valence electrons. The van der Waals surface area contributed by atoms with Crippen molar-refractivity contribution in [1.29, 1.82) is 0 Å². The van der Waals surface area contributed by atoms with Gasteiger partial charge in [-0.1, -0.05) is 24.3 Å². The van der Waals surface area contributed by atoms with Crippen LogP contribution < -0.4 is 9.47 Å². The van der Waals surface area contributed by atoms with Gasteiger partial charge in [0, 0.05) is 18.5 Å². The minimum absolute atomic E-state index is 0.0162. The lowest BCUT2D eigenvalue weighted by Gasteiger charge is -2.45. The number of benzene rings is 2. The first kappa shape index (κ1) is 40.1. The molecule has 1 aliphatic heterocycles. The largest absolute Gasteiger partial charge is 0.494 e. The summed E-state index contributed by atoms with van der Waals surface area (Å²) < 4.78 is 74.5. The quantitative estimate of drug-likeness (QED) is 0.100. The molecule has 1 aromatic heterocycles. The van der Waals surface area contributed by atoms with Crippen LogP contribution in [-0.4, -0.2) is 89.7 Å². The summed E-state index contributed by atoms with van der Waals surface area (Å²) >= 11 is 0. The van der Waals surface area contributed by atoms with Crippen molar-refractivity contribution in [3.63, 3.8) is 0 Å². The predicted octanol–water partition coefficient (Wildman–Crippen LogP) is 6.68. The summed E-state index contributed by atoms with van der Waals surface area (Å²) in [5.74, 6) is -2.78. The molecule has 4 rings (SSSR count). The Labute approximate surface area is 347 Å². The molecule has 1 fully saturated rings. The maximum Gasteiger partial charge on any atom is 0.311 e. The van der Waals surface area contributed by atoms with Gasteiger partial charge in [0.25, 0.3) is 0 Å². The highest BCUT2D eigenvalue weighted by atomic mass is 16.7. The lowest BCUT2D eigenvalue weighted by molar-refractivity contribution is -0.294. The Morgan fingerprint density at radius 1 is 0.759 bits per heavy atom. The molecule has 1 aliphatic rings. The van der Waals surface area contributed by atoms with Crippen LogP contribution in [0.15, 0.2) is 42.5 Å². The first-order valence-electron chi connectivity index (χ1n) is 22.1. The summed E-state index contributed by atoms with van der Waals surface area (Å²) in [6.45, 7) is 10.2. The molecule has 1 saturated heterocycles. The molecule has 58 heavy (non-hydrogen) atoms. The molecular weight excluding hydrogens is 748 g/mol. The Morgan fingerprint density at radius 3 is 1.91 bits per heavy atom. The van der Waals surface area contributed by atoms with Crippen molar-refractivity contribution >= 4 is 34.8 Å². The fraction of sp³-hybridized carbons (Fsp3) is 0.614. The van der Waals surface area contributed by atoms with Gasteiger partial charge in [0.15, 0.2) is 12.2 Å². The maximum absolute atomic E-state index is 13.9. The van der Waals surface area contributed by atoms with Gasteiger partial charge in [-0.25, -0.2) is 0 Å². The van der Waals surface area contributed by atoms with Gasteiger partial charge < -0.3 is 38.3 Å². The molecule has 0 radical (unpaired) electrons. The number of aliphatic hydroxyl groups excluding tert-OH is 1. The van der Waals surface area contributed by atoms with Gasteiger partial charge in [-0.2, -0.15) is 0 Å². The van der Waals surface area contributed by atoms with Gasteiger partial charge in [-0.05, 0) is 125 Å². The fourth-order valence-electron chi connectivity index (χ4n) is 5.51. The number of hydrogen-bond acceptors (Lipinski definition) is 13. The van der Waals surface area contributed by atoms with Crippen LogP contribution in [0.4, 0.5) is 0 Å². The summed E-state index contributed by atoms with van der Waals surface area (Å²) in [5.41, 5.74) is -2.98. The molecule has 14 heteroatoms. The molecule has 0 spiro atoms. The first-order chi connectivity index (χ1) is 29.1. The number of fused-ring (bicyclic) bond motifs is 1. The zero-order valence-electron chi connectivity index (χ0n) is 38.9. The lowest BCUT2D eigenvalue weighted by atomic mass is 9.93. The zero-order chi connectivity index (χ0) is 46.0. The third-order valence-corrected chi connectivity index (χ3v) is 8.96. The Kier molecular flexibility index (Phi) is 12.8. The maximum atomic E-state index is 13.9. The van der Waals surface area contributed by atoms with Crippen molar-refractivity contribution in [3.05, 3.63) is 53.6 Å². The SMILES string of the molecule is [2H]CC(C)(C)C(=O)OC[C@H]1OC(Oc2n[nH]c3cccc(CCc4ccc(OCCCO)cc4)c23)[C@H](OC(=O)C(C)(C)C[2H])[C@@H](OC(=O)C(C)(C)C[2H])[C@@H]1OC(=O)C(C)(C)C[2H]. The van der Waals surface area contributed by atoms with Crippen LogP contribution >= 0.6 is 0 Å². The van der Waals surface area contributed by atoms with Crippen molar-refractivity contribution < 1.29 is 62.9 Å². The van der Waals surface area contributed by atoms with E-state index in [1.54, 1.807) is 6.07 Å². The molecule has 2 aromatic carbocycles. The molecule has 0 aliphatic carbocycles. The number of aromatic nitrogens is 2. The summed E-state index contributed by atoms with van der Waals surface area (Å²) in [6.07, 6.45) is -6.53. The standard InChI is InChI=1S/C44H62N2O12/c1-41(2,3)37(48)53-25-30-32(55-38(49)42(4,5)6)33(56-39(50)43(7,8)9)34(57-40(51)44(10,11)12)36(54-30)58-35-31-27(15-13-16-29(31)45-46-35)20-17-26-18-21-28(22-19-26)52-24-14-23-47/h13,15-16,18-19,21-22,30,32-34,36,47H,14,17,20,23-25H2,1-12H3,(H,45,46)/t30-,32-,33+,34-,36?/m1/s1/i1D,4D,7D,10D. The Morgan fingerprint density at radius 2 is 1.33 bits per heavy atom. The molecule has 0 amide bonds. The second kappa shape index (κ2) is 18.5. The number of aliphatic hydroxyl groups is 1. The van der Waals surface area contributed by atoms with Crippen LogP contribution in [0.3, 0.4) is 0 Å². The van der Waals surface area contributed by atoms with E-state index in [-0.39, 0.29) is 19.4 Å². The highest BCUT2D eigenvalue weighted by Crippen LogP contribution is 2.37. The topological polar surface area (TPSA) is 182 Å². The van der Waals surface area contributed by atoms with E-state index in [2.05, 4.69) is 10.2 Å². The van der Waals surface area contributed by atoms with E-state index in [1.807, 2.05) is 36.4 Å². The van der Waals surface area contributed by atoms with Gasteiger partial charge in [-0.3, -0.25) is 24.3 Å². The summed E-state index contributed by atoms with van der Waals surface area (Å²) in [5, 5.41) is 17.0. The molecule has 3 aromatic rings. The zero-order valence-corrected chi connectivity index (χ0v) is 34.9. The van der Waals surface area contributed by atoms with Crippen LogP contribution in [0.5, 0.6) is 11.6 Å². The van der Waals surface area contributed by atoms with Gasteiger partial charge >= 0.3 is 23.9 Å². The van der Waals surface area contributed by atoms with E-state index in [0.717, 1.165) is 11.1 Å². The molecule has 5 atom stereocenters. The van der Waals surface area contributed by atoms with Gasteiger partial charge in [0.2, 0.25) is 18.3 Å². The lowest BCUT2D eigenvalue weighted by Crippen LogP contribution is -2.65. The van der Waals surface area contributed by atoms with E-state index in [4.69, 9.17) is 43.7 Å². The van der Waals surface area contributed by atoms with E-state index in [1.165, 1.54) is 55.4 Å². The van der Waals surface area contributed by atoms with Crippen molar-refractivity contribution in [2.24, 2.45) is 21.7 Å². The van der Waals surface area contributed by atoms with E-state index in [9.17, 15) is 19.2 Å². The van der Waals surface area contributed by atoms with E-state index >= 15 is 0 Å². The monoisotopic (exact) mass is 814 g/mol. The van der Waals surface area contributed by atoms with Crippen molar-refractivity contribution in [2.75, 3.05) is 19.8 Å². The van der Waals surface area contributed by atoms with E-state index in [0.29, 0.717) is 42.5 Å². The van der Waals surface area contributed by atoms with E-state index < -0.39 is 104 Å². The van der Waals surface area contributed by atoms with Gasteiger partial charge in [0.1, 0.15) is 18.5 Å². The fourth-order valence-corrected chi connectivity index (χ4v) is 5.51. The number of aryl methyl sites for hydroxylation is 2. The number of carbonyl (C=O) groups is 4. The second-order valence-electron chi connectivity index (χ2n) is 17.3.